The number of aromatic nitrogens is 2. The standard InChI is InChI=1S/C21H29N3O2/c1-2-4-18(5-3-1)7-11-23-14-20-6-10-22-24(20)21(15-23)17-26-16-19-8-12-25-13-9-19/h1-6,10,19,21H,7-9,11-17H2/t21-/m1/s1. The lowest BCUT2D eigenvalue weighted by molar-refractivity contribution is 0.00397. The molecule has 5 heteroatoms. The van der Waals surface area contributed by atoms with Gasteiger partial charge in [-0.2, -0.15) is 5.10 Å². The summed E-state index contributed by atoms with van der Waals surface area (Å²) in [7, 11) is 0. The summed E-state index contributed by atoms with van der Waals surface area (Å²) in [4.78, 5) is 2.53. The lowest BCUT2D eigenvalue weighted by Crippen LogP contribution is -2.40. The van der Waals surface area contributed by atoms with Crippen LogP contribution in [0.3, 0.4) is 0 Å². The molecule has 0 bridgehead atoms. The molecule has 0 amide bonds. The van der Waals surface area contributed by atoms with Gasteiger partial charge in [-0.1, -0.05) is 30.3 Å². The highest BCUT2D eigenvalue weighted by Crippen LogP contribution is 2.22. The van der Waals surface area contributed by atoms with Gasteiger partial charge in [0.1, 0.15) is 0 Å². The van der Waals surface area contributed by atoms with Gasteiger partial charge in [0.05, 0.1) is 18.3 Å². The SMILES string of the molecule is c1ccc(CCN2Cc3ccnn3[C@@H](COCC3CCOCC3)C2)cc1. The summed E-state index contributed by atoms with van der Waals surface area (Å²) in [5, 5.41) is 4.55. The molecule has 0 radical (unpaired) electrons. The largest absolute Gasteiger partial charge is 0.381 e. The Morgan fingerprint density at radius 1 is 1.08 bits per heavy atom. The smallest absolute Gasteiger partial charge is 0.0883 e. The summed E-state index contributed by atoms with van der Waals surface area (Å²) < 4.78 is 13.7. The molecule has 2 aliphatic heterocycles. The third-order valence-corrected chi connectivity index (χ3v) is 5.52. The van der Waals surface area contributed by atoms with Crippen molar-refractivity contribution in [2.75, 3.05) is 39.5 Å². The zero-order valence-electron chi connectivity index (χ0n) is 15.4. The highest BCUT2D eigenvalue weighted by atomic mass is 16.5. The van der Waals surface area contributed by atoms with Crippen molar-refractivity contribution >= 4 is 0 Å². The maximum Gasteiger partial charge on any atom is 0.0883 e. The first-order chi connectivity index (χ1) is 12.9. The zero-order valence-corrected chi connectivity index (χ0v) is 15.4. The van der Waals surface area contributed by atoms with Crippen LogP contribution in [0, 0.1) is 5.92 Å². The molecule has 0 spiro atoms. The van der Waals surface area contributed by atoms with Gasteiger partial charge in [-0.15, -0.1) is 0 Å². The van der Waals surface area contributed by atoms with Crippen LogP contribution in [0.25, 0.3) is 0 Å². The van der Waals surface area contributed by atoms with Crippen LogP contribution < -0.4 is 0 Å². The van der Waals surface area contributed by atoms with Crippen LogP contribution in [0.2, 0.25) is 0 Å². The molecule has 3 heterocycles. The van der Waals surface area contributed by atoms with Gasteiger partial charge in [-0.3, -0.25) is 9.58 Å². The lowest BCUT2D eigenvalue weighted by Gasteiger charge is -2.34. The first-order valence-electron chi connectivity index (χ1n) is 9.82. The number of hydrogen-bond acceptors (Lipinski definition) is 4. The van der Waals surface area contributed by atoms with Crippen molar-refractivity contribution in [1.82, 2.24) is 14.7 Å². The maximum atomic E-state index is 6.11. The average molecular weight is 355 g/mol. The number of hydrogen-bond donors (Lipinski definition) is 0. The van der Waals surface area contributed by atoms with Gasteiger partial charge in [0.15, 0.2) is 0 Å². The lowest BCUT2D eigenvalue weighted by atomic mass is 10.0. The van der Waals surface area contributed by atoms with Gasteiger partial charge >= 0.3 is 0 Å². The molecule has 0 saturated carbocycles. The second kappa shape index (κ2) is 8.80. The minimum Gasteiger partial charge on any atom is -0.381 e. The van der Waals surface area contributed by atoms with E-state index in [9.17, 15) is 0 Å². The first-order valence-corrected chi connectivity index (χ1v) is 9.82. The summed E-state index contributed by atoms with van der Waals surface area (Å²) in [6, 6.07) is 13.2. The molecule has 140 valence electrons. The van der Waals surface area contributed by atoms with Crippen molar-refractivity contribution in [2.24, 2.45) is 5.92 Å². The Morgan fingerprint density at radius 2 is 1.92 bits per heavy atom. The van der Waals surface area contributed by atoms with Crippen LogP contribution in [0.5, 0.6) is 0 Å². The summed E-state index contributed by atoms with van der Waals surface area (Å²) in [6.07, 6.45) is 5.26. The zero-order chi connectivity index (χ0) is 17.6. The number of nitrogens with zero attached hydrogens (tertiary/aromatic N) is 3. The highest BCUT2D eigenvalue weighted by molar-refractivity contribution is 5.15. The summed E-state index contributed by atoms with van der Waals surface area (Å²) in [5.74, 6) is 0.651. The normalized spacial score (nSPS) is 21.6. The summed E-state index contributed by atoms with van der Waals surface area (Å²) in [6.45, 7) is 6.42. The van der Waals surface area contributed by atoms with Crippen LogP contribution in [0.4, 0.5) is 0 Å². The molecule has 1 saturated heterocycles. The first kappa shape index (κ1) is 17.7. The molecule has 4 rings (SSSR count). The van der Waals surface area contributed by atoms with Crippen molar-refractivity contribution in [2.45, 2.75) is 31.8 Å². The Balaban J connectivity index is 1.30. The molecule has 1 aromatic carbocycles. The number of rotatable bonds is 7. The van der Waals surface area contributed by atoms with Crippen LogP contribution in [-0.2, 0) is 22.4 Å². The van der Waals surface area contributed by atoms with E-state index < -0.39 is 0 Å². The van der Waals surface area contributed by atoms with E-state index in [1.165, 1.54) is 11.3 Å². The van der Waals surface area contributed by atoms with Gasteiger partial charge in [-0.05, 0) is 36.8 Å². The molecule has 26 heavy (non-hydrogen) atoms. The Labute approximate surface area is 155 Å². The number of benzene rings is 1. The van der Waals surface area contributed by atoms with Gasteiger partial charge < -0.3 is 9.47 Å². The molecule has 2 aliphatic rings. The molecule has 1 atom stereocenters. The van der Waals surface area contributed by atoms with Gasteiger partial charge in [0.25, 0.3) is 0 Å². The molecule has 1 aromatic heterocycles. The molecule has 2 aromatic rings. The van der Waals surface area contributed by atoms with Gasteiger partial charge in [0, 0.05) is 45.7 Å². The Bertz CT molecular complexity index is 667. The van der Waals surface area contributed by atoms with Gasteiger partial charge in [-0.25, -0.2) is 0 Å². The third kappa shape index (κ3) is 4.53. The Hall–Kier alpha value is -1.69. The fraction of sp³-hybridized carbons (Fsp3) is 0.571. The van der Waals surface area contributed by atoms with E-state index in [0.29, 0.717) is 12.0 Å². The molecule has 1 fully saturated rings. The van der Waals surface area contributed by atoms with E-state index >= 15 is 0 Å². The van der Waals surface area contributed by atoms with Crippen LogP contribution in [0.15, 0.2) is 42.6 Å². The van der Waals surface area contributed by atoms with Crippen molar-refractivity contribution in [1.29, 1.82) is 0 Å². The van der Waals surface area contributed by atoms with E-state index in [-0.39, 0.29) is 0 Å². The Morgan fingerprint density at radius 3 is 2.77 bits per heavy atom. The topological polar surface area (TPSA) is 39.5 Å². The fourth-order valence-corrected chi connectivity index (χ4v) is 3.97. The van der Waals surface area contributed by atoms with Crippen molar-refractivity contribution < 1.29 is 9.47 Å². The minimum atomic E-state index is 0.310. The average Bonchev–Trinajstić information content (AvgIpc) is 3.17. The summed E-state index contributed by atoms with van der Waals surface area (Å²) >= 11 is 0. The van der Waals surface area contributed by atoms with E-state index in [0.717, 1.165) is 65.3 Å². The number of fused-ring (bicyclic) bond motifs is 1. The number of ether oxygens (including phenoxy) is 2. The van der Waals surface area contributed by atoms with E-state index in [2.05, 4.69) is 51.1 Å². The quantitative estimate of drug-likeness (QED) is 0.766. The maximum absolute atomic E-state index is 6.11. The predicted molar refractivity (Wildman–Crippen MR) is 101 cm³/mol. The highest BCUT2D eigenvalue weighted by Gasteiger charge is 2.26. The second-order valence-corrected chi connectivity index (χ2v) is 7.48. The third-order valence-electron chi connectivity index (χ3n) is 5.52. The van der Waals surface area contributed by atoms with Crippen molar-refractivity contribution in [3.63, 3.8) is 0 Å². The van der Waals surface area contributed by atoms with Crippen molar-refractivity contribution in [3.8, 4) is 0 Å². The van der Waals surface area contributed by atoms with E-state index in [1.54, 1.807) is 0 Å². The van der Waals surface area contributed by atoms with Crippen LogP contribution in [0.1, 0.15) is 30.1 Å². The Kier molecular flexibility index (Phi) is 5.99. The van der Waals surface area contributed by atoms with E-state index in [4.69, 9.17) is 9.47 Å². The predicted octanol–water partition coefficient (Wildman–Crippen LogP) is 2.93. The molecule has 0 N–H and O–H groups in total. The van der Waals surface area contributed by atoms with Crippen molar-refractivity contribution in [3.05, 3.63) is 53.9 Å². The molecular formula is C21H29N3O2. The summed E-state index contributed by atoms with van der Waals surface area (Å²) in [5.41, 5.74) is 2.70. The molecule has 0 aliphatic carbocycles. The minimum absolute atomic E-state index is 0.310. The van der Waals surface area contributed by atoms with E-state index in [1.807, 2.05) is 6.20 Å². The molecule has 5 nitrogen and oxygen atoms in total. The monoisotopic (exact) mass is 355 g/mol. The van der Waals surface area contributed by atoms with Crippen LogP contribution in [-0.4, -0.2) is 54.2 Å². The molecular weight excluding hydrogens is 326 g/mol. The molecule has 0 unspecified atom stereocenters. The van der Waals surface area contributed by atoms with Gasteiger partial charge in [0.2, 0.25) is 0 Å². The second-order valence-electron chi connectivity index (χ2n) is 7.48. The van der Waals surface area contributed by atoms with Crippen LogP contribution >= 0.6 is 0 Å². The fourth-order valence-electron chi connectivity index (χ4n) is 3.97.